The number of rotatable bonds is 4. The number of hydrogen-bond acceptors (Lipinski definition) is 5. The second-order valence-corrected chi connectivity index (χ2v) is 10.8. The van der Waals surface area contributed by atoms with E-state index in [-0.39, 0.29) is 18.0 Å². The van der Waals surface area contributed by atoms with Crippen LogP contribution >= 0.6 is 0 Å². The van der Waals surface area contributed by atoms with E-state index < -0.39 is 0 Å². The van der Waals surface area contributed by atoms with Crippen molar-refractivity contribution in [1.29, 1.82) is 0 Å². The standard InChI is InChI=1S/C29H33FN4O3/c1-18-4-9-26-27(34(18)29(35)36-3)11-10-25(28(26)37-24-7-5-22(30)6-8-24)21-14-31-33(17-21)23-12-19-15-32(2)16-20(19)13-23/h5-8,10-11,14,17-20,23H,4,9,12-13,15-16H2,1-3H3/t18-,19+,20+/m0/s1. The molecule has 0 N–H and O–H groups in total. The number of methoxy groups -OCH3 is 1. The van der Waals surface area contributed by atoms with E-state index in [0.29, 0.717) is 17.5 Å². The van der Waals surface area contributed by atoms with Crippen molar-refractivity contribution in [3.8, 4) is 22.6 Å². The summed E-state index contributed by atoms with van der Waals surface area (Å²) >= 11 is 0. The van der Waals surface area contributed by atoms with E-state index in [4.69, 9.17) is 14.6 Å². The van der Waals surface area contributed by atoms with Gasteiger partial charge in [-0.1, -0.05) is 0 Å². The van der Waals surface area contributed by atoms with Crippen LogP contribution in [0.2, 0.25) is 0 Å². The van der Waals surface area contributed by atoms with Crippen LogP contribution in [0.25, 0.3) is 11.1 Å². The zero-order valence-electron chi connectivity index (χ0n) is 21.6. The molecular weight excluding hydrogens is 471 g/mol. The first-order valence-corrected chi connectivity index (χ1v) is 13.1. The number of anilines is 1. The molecule has 0 radical (unpaired) electrons. The van der Waals surface area contributed by atoms with E-state index in [1.54, 1.807) is 17.0 Å². The Morgan fingerprint density at radius 1 is 1.08 bits per heavy atom. The SMILES string of the molecule is COC(=O)N1c2ccc(-c3cnn(C4C[C@@H]5CN(C)C[C@H]5C4)c3)c(Oc3ccc(F)cc3)c2CC[C@@H]1C. The Hall–Kier alpha value is -3.39. The Morgan fingerprint density at radius 3 is 2.51 bits per heavy atom. The van der Waals surface area contributed by atoms with Crippen molar-refractivity contribution in [3.63, 3.8) is 0 Å². The van der Waals surface area contributed by atoms with E-state index in [1.165, 1.54) is 32.3 Å². The van der Waals surface area contributed by atoms with Gasteiger partial charge < -0.3 is 14.4 Å². The molecule has 3 heterocycles. The Kier molecular flexibility index (Phi) is 6.15. The molecule has 2 fully saturated rings. The highest BCUT2D eigenvalue weighted by Crippen LogP contribution is 2.46. The van der Waals surface area contributed by atoms with Gasteiger partial charge >= 0.3 is 6.09 Å². The maximum Gasteiger partial charge on any atom is 0.414 e. The monoisotopic (exact) mass is 504 g/mol. The van der Waals surface area contributed by atoms with Crippen molar-refractivity contribution in [1.82, 2.24) is 14.7 Å². The number of fused-ring (bicyclic) bond motifs is 2. The van der Waals surface area contributed by atoms with Crippen LogP contribution in [0.1, 0.15) is 37.8 Å². The van der Waals surface area contributed by atoms with Gasteiger partial charge in [-0.15, -0.1) is 0 Å². The van der Waals surface area contributed by atoms with Crippen LogP contribution in [0.15, 0.2) is 48.8 Å². The number of nitrogens with zero attached hydrogens (tertiary/aromatic N) is 4. The van der Waals surface area contributed by atoms with Crippen molar-refractivity contribution < 1.29 is 18.7 Å². The Morgan fingerprint density at radius 2 is 1.81 bits per heavy atom. The molecule has 0 bridgehead atoms. The summed E-state index contributed by atoms with van der Waals surface area (Å²) in [5, 5.41) is 4.77. The van der Waals surface area contributed by atoms with Gasteiger partial charge in [0.2, 0.25) is 0 Å². The third-order valence-electron chi connectivity index (χ3n) is 8.35. The van der Waals surface area contributed by atoms with E-state index in [2.05, 4.69) is 22.8 Å². The number of aromatic nitrogens is 2. The fourth-order valence-corrected chi connectivity index (χ4v) is 6.54. The van der Waals surface area contributed by atoms with Crippen LogP contribution in [0, 0.1) is 17.7 Å². The molecule has 8 heteroatoms. The fraction of sp³-hybridized carbons (Fsp3) is 0.448. The average Bonchev–Trinajstić information content (AvgIpc) is 3.60. The molecule has 1 aromatic heterocycles. The highest BCUT2D eigenvalue weighted by molar-refractivity contribution is 5.92. The number of ether oxygens (including phenoxy) is 2. The summed E-state index contributed by atoms with van der Waals surface area (Å²) in [6, 6.07) is 10.4. The number of carbonyl (C=O) groups excluding carboxylic acids is 1. The van der Waals surface area contributed by atoms with Gasteiger partial charge in [0.1, 0.15) is 17.3 Å². The molecule has 2 aliphatic heterocycles. The molecule has 0 spiro atoms. The topological polar surface area (TPSA) is 59.8 Å². The maximum absolute atomic E-state index is 13.6. The van der Waals surface area contributed by atoms with Crippen molar-refractivity contribution >= 4 is 11.8 Å². The summed E-state index contributed by atoms with van der Waals surface area (Å²) in [6.45, 7) is 4.36. The molecule has 7 nitrogen and oxygen atoms in total. The van der Waals surface area contributed by atoms with Gasteiger partial charge in [-0.25, -0.2) is 9.18 Å². The zero-order chi connectivity index (χ0) is 25.7. The van der Waals surface area contributed by atoms with Gasteiger partial charge in [-0.05, 0) is 87.9 Å². The van der Waals surface area contributed by atoms with Crippen molar-refractivity contribution in [2.45, 2.75) is 44.7 Å². The highest BCUT2D eigenvalue weighted by Gasteiger charge is 2.40. The predicted octanol–water partition coefficient (Wildman–Crippen LogP) is 5.90. The molecule has 1 saturated carbocycles. The molecule has 6 rings (SSSR count). The lowest BCUT2D eigenvalue weighted by Crippen LogP contribution is -2.42. The van der Waals surface area contributed by atoms with Crippen molar-refractivity contribution in [2.75, 3.05) is 32.1 Å². The molecule has 1 aliphatic carbocycles. The maximum atomic E-state index is 13.6. The van der Waals surface area contributed by atoms with Crippen LogP contribution in [0.4, 0.5) is 14.9 Å². The number of carbonyl (C=O) groups is 1. The van der Waals surface area contributed by atoms with Crippen LogP contribution in [0.3, 0.4) is 0 Å². The zero-order valence-corrected chi connectivity index (χ0v) is 21.6. The summed E-state index contributed by atoms with van der Waals surface area (Å²) < 4.78 is 27.2. The largest absolute Gasteiger partial charge is 0.456 e. The highest BCUT2D eigenvalue weighted by atomic mass is 19.1. The lowest BCUT2D eigenvalue weighted by Gasteiger charge is -2.35. The second kappa shape index (κ2) is 9.49. The molecule has 2 aromatic carbocycles. The normalized spacial score (nSPS) is 23.7. The number of likely N-dealkylation sites (tertiary alicyclic amines) is 1. The van der Waals surface area contributed by atoms with Gasteiger partial charge in [0.05, 0.1) is 25.0 Å². The molecule has 37 heavy (non-hydrogen) atoms. The van der Waals surface area contributed by atoms with Crippen molar-refractivity contribution in [3.05, 3.63) is 60.2 Å². The first kappa shape index (κ1) is 24.0. The molecule has 0 unspecified atom stereocenters. The molecule has 3 atom stereocenters. The fourth-order valence-electron chi connectivity index (χ4n) is 6.54. The van der Waals surface area contributed by atoms with E-state index >= 15 is 0 Å². The second-order valence-electron chi connectivity index (χ2n) is 10.8. The van der Waals surface area contributed by atoms with E-state index in [9.17, 15) is 9.18 Å². The van der Waals surface area contributed by atoms with Crippen LogP contribution in [-0.4, -0.2) is 54.1 Å². The Balaban J connectivity index is 1.38. The number of hydrogen-bond donors (Lipinski definition) is 0. The Labute approximate surface area is 216 Å². The van der Waals surface area contributed by atoms with Crippen LogP contribution in [0.5, 0.6) is 11.5 Å². The van der Waals surface area contributed by atoms with Gasteiger partial charge in [-0.3, -0.25) is 9.58 Å². The van der Waals surface area contributed by atoms with Gasteiger partial charge in [0, 0.05) is 42.0 Å². The summed E-state index contributed by atoms with van der Waals surface area (Å²) in [7, 11) is 3.61. The minimum absolute atomic E-state index is 0.00749. The van der Waals surface area contributed by atoms with Crippen LogP contribution in [-0.2, 0) is 11.2 Å². The smallest absolute Gasteiger partial charge is 0.414 e. The summed E-state index contributed by atoms with van der Waals surface area (Å²) in [6.07, 6.45) is 7.49. The lowest BCUT2D eigenvalue weighted by molar-refractivity contribution is 0.175. The quantitative estimate of drug-likeness (QED) is 0.443. The van der Waals surface area contributed by atoms with Crippen molar-refractivity contribution in [2.24, 2.45) is 11.8 Å². The molecule has 1 saturated heterocycles. The van der Waals surface area contributed by atoms with E-state index in [0.717, 1.165) is 59.9 Å². The summed E-state index contributed by atoms with van der Waals surface area (Å²) in [5.74, 6) is 2.39. The molecular formula is C29H33FN4O3. The summed E-state index contributed by atoms with van der Waals surface area (Å²) in [4.78, 5) is 16.8. The molecule has 1 amide bonds. The first-order valence-electron chi connectivity index (χ1n) is 13.1. The third kappa shape index (κ3) is 4.37. The number of amides is 1. The molecule has 194 valence electrons. The van der Waals surface area contributed by atoms with E-state index in [1.807, 2.05) is 25.3 Å². The Bertz CT molecular complexity index is 1290. The summed E-state index contributed by atoms with van der Waals surface area (Å²) in [5.41, 5.74) is 3.60. The van der Waals surface area contributed by atoms with Crippen LogP contribution < -0.4 is 9.64 Å². The lowest BCUT2D eigenvalue weighted by atomic mass is 9.92. The predicted molar refractivity (Wildman–Crippen MR) is 140 cm³/mol. The minimum atomic E-state index is -0.390. The number of benzene rings is 2. The molecule has 3 aromatic rings. The molecule has 3 aliphatic rings. The number of halogens is 1. The first-order chi connectivity index (χ1) is 17.9. The third-order valence-corrected chi connectivity index (χ3v) is 8.35. The minimum Gasteiger partial charge on any atom is -0.456 e. The van der Waals surface area contributed by atoms with Gasteiger partial charge in [0.25, 0.3) is 0 Å². The van der Waals surface area contributed by atoms with Gasteiger partial charge in [0.15, 0.2) is 0 Å². The average molecular weight is 505 g/mol. The van der Waals surface area contributed by atoms with Gasteiger partial charge in [-0.2, -0.15) is 5.10 Å².